The highest BCUT2D eigenvalue weighted by Gasteiger charge is 2.17. The average Bonchev–Trinajstić information content (AvgIpc) is 3.14. The highest BCUT2D eigenvalue weighted by atomic mass is 16.1. The smallest absolute Gasteiger partial charge is 0.251 e. The number of nitrogens with zero attached hydrogens (tertiary/aromatic N) is 3. The highest BCUT2D eigenvalue weighted by Crippen LogP contribution is 2.24. The first-order valence-corrected chi connectivity index (χ1v) is 10.3. The van der Waals surface area contributed by atoms with Crippen LogP contribution in [0.4, 0.5) is 5.82 Å². The number of rotatable bonds is 4. The SMILES string of the molecule is O=C(NC1CCCCCC1)c1ccc(-c2cc(N3CCCC3)ncn2)cc1. The maximum Gasteiger partial charge on any atom is 0.251 e. The molecule has 1 saturated carbocycles. The topological polar surface area (TPSA) is 58.1 Å². The van der Waals surface area contributed by atoms with Gasteiger partial charge in [-0.05, 0) is 37.8 Å². The van der Waals surface area contributed by atoms with Gasteiger partial charge in [0.15, 0.2) is 0 Å². The van der Waals surface area contributed by atoms with Gasteiger partial charge in [0.2, 0.25) is 0 Å². The molecule has 2 aromatic rings. The van der Waals surface area contributed by atoms with Crippen LogP contribution in [0.5, 0.6) is 0 Å². The largest absolute Gasteiger partial charge is 0.357 e. The van der Waals surface area contributed by atoms with Crippen LogP contribution in [-0.2, 0) is 0 Å². The summed E-state index contributed by atoms with van der Waals surface area (Å²) in [7, 11) is 0. The molecule has 1 amide bonds. The maximum absolute atomic E-state index is 12.6. The molecule has 2 heterocycles. The number of carbonyl (C=O) groups excluding carboxylic acids is 1. The van der Waals surface area contributed by atoms with E-state index in [1.165, 1.54) is 38.5 Å². The number of nitrogens with one attached hydrogen (secondary N) is 1. The Kier molecular flexibility index (Phi) is 5.66. The Morgan fingerprint density at radius 3 is 2.33 bits per heavy atom. The second-order valence-electron chi connectivity index (χ2n) is 7.69. The normalized spacial score (nSPS) is 18.3. The van der Waals surface area contributed by atoms with E-state index in [0.717, 1.165) is 48.6 Å². The summed E-state index contributed by atoms with van der Waals surface area (Å²) in [6.07, 6.45) is 11.3. The Hall–Kier alpha value is -2.43. The van der Waals surface area contributed by atoms with Gasteiger partial charge in [-0.15, -0.1) is 0 Å². The first-order valence-electron chi connectivity index (χ1n) is 10.3. The summed E-state index contributed by atoms with van der Waals surface area (Å²) in [5.41, 5.74) is 2.64. The van der Waals surface area contributed by atoms with Crippen molar-refractivity contribution >= 4 is 11.7 Å². The molecule has 0 radical (unpaired) electrons. The Labute approximate surface area is 161 Å². The van der Waals surface area contributed by atoms with Crippen LogP contribution in [0.25, 0.3) is 11.3 Å². The zero-order valence-electron chi connectivity index (χ0n) is 15.9. The molecule has 5 heteroatoms. The standard InChI is InChI=1S/C22H28N4O/c27-22(25-19-7-3-1-2-4-8-19)18-11-9-17(10-12-18)20-15-21(24-16-23-20)26-13-5-6-14-26/h9-12,15-16,19H,1-8,13-14H2,(H,25,27). The summed E-state index contributed by atoms with van der Waals surface area (Å²) in [6, 6.07) is 10.1. The zero-order valence-corrected chi connectivity index (χ0v) is 15.9. The molecule has 1 N–H and O–H groups in total. The molecular weight excluding hydrogens is 336 g/mol. The van der Waals surface area contributed by atoms with Gasteiger partial charge in [-0.25, -0.2) is 9.97 Å². The Bertz CT molecular complexity index is 760. The van der Waals surface area contributed by atoms with Gasteiger partial charge in [-0.3, -0.25) is 4.79 Å². The van der Waals surface area contributed by atoms with E-state index >= 15 is 0 Å². The number of aromatic nitrogens is 2. The predicted molar refractivity (Wildman–Crippen MR) is 108 cm³/mol. The monoisotopic (exact) mass is 364 g/mol. The van der Waals surface area contributed by atoms with Crippen molar-refractivity contribution in [2.45, 2.75) is 57.4 Å². The number of carbonyl (C=O) groups is 1. The molecule has 4 rings (SSSR count). The molecule has 0 unspecified atom stereocenters. The van der Waals surface area contributed by atoms with Crippen molar-refractivity contribution in [1.29, 1.82) is 0 Å². The van der Waals surface area contributed by atoms with Gasteiger partial charge in [-0.1, -0.05) is 37.8 Å². The van der Waals surface area contributed by atoms with Gasteiger partial charge in [-0.2, -0.15) is 0 Å². The highest BCUT2D eigenvalue weighted by molar-refractivity contribution is 5.94. The molecule has 1 aliphatic carbocycles. The predicted octanol–water partition coefficient (Wildman–Crippen LogP) is 4.20. The average molecular weight is 364 g/mol. The Morgan fingerprint density at radius 1 is 0.926 bits per heavy atom. The van der Waals surface area contributed by atoms with Crippen molar-refractivity contribution in [2.24, 2.45) is 0 Å². The van der Waals surface area contributed by atoms with Gasteiger partial charge in [0.1, 0.15) is 12.1 Å². The van der Waals surface area contributed by atoms with Crippen LogP contribution in [-0.4, -0.2) is 35.0 Å². The fourth-order valence-corrected chi connectivity index (χ4v) is 4.11. The lowest BCUT2D eigenvalue weighted by Crippen LogP contribution is -2.34. The third-order valence-electron chi connectivity index (χ3n) is 5.72. The van der Waals surface area contributed by atoms with Crippen LogP contribution in [0.15, 0.2) is 36.7 Å². The summed E-state index contributed by atoms with van der Waals surface area (Å²) in [5, 5.41) is 3.21. The quantitative estimate of drug-likeness (QED) is 0.826. The summed E-state index contributed by atoms with van der Waals surface area (Å²) < 4.78 is 0. The first-order chi connectivity index (χ1) is 13.3. The van der Waals surface area contributed by atoms with Gasteiger partial charge in [0.05, 0.1) is 5.69 Å². The van der Waals surface area contributed by atoms with Crippen LogP contribution in [0.3, 0.4) is 0 Å². The molecule has 27 heavy (non-hydrogen) atoms. The van der Waals surface area contributed by atoms with E-state index < -0.39 is 0 Å². The van der Waals surface area contributed by atoms with Crippen molar-refractivity contribution in [1.82, 2.24) is 15.3 Å². The van der Waals surface area contributed by atoms with E-state index in [4.69, 9.17) is 0 Å². The van der Waals surface area contributed by atoms with Crippen LogP contribution in [0.2, 0.25) is 0 Å². The molecule has 1 saturated heterocycles. The second-order valence-corrected chi connectivity index (χ2v) is 7.69. The summed E-state index contributed by atoms with van der Waals surface area (Å²) >= 11 is 0. The fraction of sp³-hybridized carbons (Fsp3) is 0.500. The molecule has 2 fully saturated rings. The molecule has 5 nitrogen and oxygen atoms in total. The number of hydrogen-bond acceptors (Lipinski definition) is 4. The third-order valence-corrected chi connectivity index (χ3v) is 5.72. The first kappa shape index (κ1) is 18.0. The molecule has 1 aromatic heterocycles. The number of amides is 1. The van der Waals surface area contributed by atoms with Gasteiger partial charge in [0.25, 0.3) is 5.91 Å². The molecule has 142 valence electrons. The van der Waals surface area contributed by atoms with E-state index in [-0.39, 0.29) is 5.91 Å². The second kappa shape index (κ2) is 8.51. The molecule has 1 aliphatic heterocycles. The number of hydrogen-bond donors (Lipinski definition) is 1. The van der Waals surface area contributed by atoms with E-state index in [2.05, 4.69) is 20.2 Å². The summed E-state index contributed by atoms with van der Waals surface area (Å²) in [6.45, 7) is 2.13. The van der Waals surface area contributed by atoms with Gasteiger partial charge >= 0.3 is 0 Å². The van der Waals surface area contributed by atoms with Crippen LogP contribution in [0.1, 0.15) is 61.7 Å². The molecule has 2 aliphatic rings. The van der Waals surface area contributed by atoms with E-state index in [1.54, 1.807) is 6.33 Å². The minimum absolute atomic E-state index is 0.0360. The summed E-state index contributed by atoms with van der Waals surface area (Å²) in [5.74, 6) is 1.03. The lowest BCUT2D eigenvalue weighted by molar-refractivity contribution is 0.0933. The molecule has 0 atom stereocenters. The lowest BCUT2D eigenvalue weighted by atomic mass is 10.1. The van der Waals surface area contributed by atoms with Crippen LogP contribution < -0.4 is 10.2 Å². The van der Waals surface area contributed by atoms with E-state index in [9.17, 15) is 4.79 Å². The Balaban J connectivity index is 1.44. The van der Waals surface area contributed by atoms with E-state index in [0.29, 0.717) is 6.04 Å². The Morgan fingerprint density at radius 2 is 1.63 bits per heavy atom. The molecule has 0 bridgehead atoms. The van der Waals surface area contributed by atoms with Crippen molar-refractivity contribution in [3.05, 3.63) is 42.2 Å². The fourth-order valence-electron chi connectivity index (χ4n) is 4.11. The summed E-state index contributed by atoms with van der Waals surface area (Å²) in [4.78, 5) is 23.7. The number of benzene rings is 1. The molecular formula is C22H28N4O. The molecule has 1 aromatic carbocycles. The van der Waals surface area contributed by atoms with Crippen molar-refractivity contribution in [3.63, 3.8) is 0 Å². The third kappa shape index (κ3) is 4.46. The maximum atomic E-state index is 12.6. The van der Waals surface area contributed by atoms with Crippen molar-refractivity contribution in [2.75, 3.05) is 18.0 Å². The lowest BCUT2D eigenvalue weighted by Gasteiger charge is -2.17. The number of anilines is 1. The zero-order chi connectivity index (χ0) is 18.5. The minimum atomic E-state index is 0.0360. The van der Waals surface area contributed by atoms with Crippen LogP contribution in [0, 0.1) is 0 Å². The van der Waals surface area contributed by atoms with Crippen molar-refractivity contribution < 1.29 is 4.79 Å². The minimum Gasteiger partial charge on any atom is -0.357 e. The van der Waals surface area contributed by atoms with Crippen LogP contribution >= 0.6 is 0 Å². The van der Waals surface area contributed by atoms with E-state index in [1.807, 2.05) is 30.3 Å². The van der Waals surface area contributed by atoms with Gasteiger partial charge in [0, 0.05) is 36.3 Å². The van der Waals surface area contributed by atoms with Crippen molar-refractivity contribution in [3.8, 4) is 11.3 Å². The van der Waals surface area contributed by atoms with Gasteiger partial charge < -0.3 is 10.2 Å². The molecule has 0 spiro atoms.